The van der Waals surface area contributed by atoms with E-state index in [2.05, 4.69) is 16.7 Å². The average Bonchev–Trinajstić information content (AvgIpc) is 2.59. The second-order valence-electron chi connectivity index (χ2n) is 5.35. The Morgan fingerprint density at radius 1 is 1.33 bits per heavy atom. The summed E-state index contributed by atoms with van der Waals surface area (Å²) in [5.41, 5.74) is 1.42. The van der Waals surface area contributed by atoms with Crippen LogP contribution in [-0.4, -0.2) is 25.5 Å². The number of carbonyl (C=O) groups excluding carboxylic acids is 1. The number of fused-ring (bicyclic) bond motifs is 1. The van der Waals surface area contributed by atoms with Crippen LogP contribution < -0.4 is 10.6 Å². The van der Waals surface area contributed by atoms with Crippen LogP contribution >= 0.6 is 11.3 Å². The molecule has 4 heteroatoms. The molecule has 1 aromatic rings. The third-order valence-corrected chi connectivity index (χ3v) is 5.12. The number of aryl methyl sites for hydroxylation is 2. The quantitative estimate of drug-likeness (QED) is 0.820. The predicted molar refractivity (Wildman–Crippen MR) is 74.3 cm³/mol. The van der Waals surface area contributed by atoms with Gasteiger partial charge in [-0.05, 0) is 37.3 Å². The molecule has 1 amide bonds. The van der Waals surface area contributed by atoms with Gasteiger partial charge in [-0.3, -0.25) is 4.79 Å². The van der Waals surface area contributed by atoms with E-state index >= 15 is 0 Å². The van der Waals surface area contributed by atoms with Crippen molar-refractivity contribution in [1.29, 1.82) is 0 Å². The van der Waals surface area contributed by atoms with Gasteiger partial charge in [0.1, 0.15) is 0 Å². The standard InChI is InChI=1S/C14H20N2OS/c17-14(16-9-10-7-15-8-10)13-6-11-4-2-1-3-5-12(11)18-13/h6,10,15H,1-5,7-9H2,(H,16,17). The van der Waals surface area contributed by atoms with Gasteiger partial charge in [0, 0.05) is 30.4 Å². The first kappa shape index (κ1) is 12.2. The predicted octanol–water partition coefficient (Wildman–Crippen LogP) is 1.97. The summed E-state index contributed by atoms with van der Waals surface area (Å²) in [6.45, 7) is 2.90. The zero-order valence-corrected chi connectivity index (χ0v) is 11.4. The van der Waals surface area contributed by atoms with Crippen molar-refractivity contribution in [2.75, 3.05) is 19.6 Å². The third-order valence-electron chi connectivity index (χ3n) is 3.89. The van der Waals surface area contributed by atoms with E-state index in [1.807, 2.05) is 0 Å². The lowest BCUT2D eigenvalue weighted by atomic mass is 10.0. The molecule has 0 aromatic carbocycles. The second kappa shape index (κ2) is 5.41. The van der Waals surface area contributed by atoms with E-state index in [1.165, 1.54) is 36.1 Å². The molecule has 2 aliphatic rings. The number of rotatable bonds is 3. The smallest absolute Gasteiger partial charge is 0.261 e. The zero-order valence-electron chi connectivity index (χ0n) is 10.6. The fourth-order valence-corrected chi connectivity index (χ4v) is 3.77. The molecular weight excluding hydrogens is 244 g/mol. The van der Waals surface area contributed by atoms with Crippen LogP contribution in [0.4, 0.5) is 0 Å². The average molecular weight is 264 g/mol. The first-order valence-corrected chi connectivity index (χ1v) is 7.75. The number of nitrogens with one attached hydrogen (secondary N) is 2. The Balaban J connectivity index is 1.62. The fraction of sp³-hybridized carbons (Fsp3) is 0.643. The van der Waals surface area contributed by atoms with Crippen LogP contribution in [0.15, 0.2) is 6.07 Å². The van der Waals surface area contributed by atoms with Crippen molar-refractivity contribution in [3.8, 4) is 0 Å². The van der Waals surface area contributed by atoms with Gasteiger partial charge in [-0.2, -0.15) is 0 Å². The van der Waals surface area contributed by atoms with Crippen molar-refractivity contribution in [1.82, 2.24) is 10.6 Å². The molecule has 18 heavy (non-hydrogen) atoms. The Kier molecular flexibility index (Phi) is 3.66. The molecule has 0 atom stereocenters. The van der Waals surface area contributed by atoms with Gasteiger partial charge in [-0.1, -0.05) is 6.42 Å². The van der Waals surface area contributed by atoms with E-state index in [0.29, 0.717) is 5.92 Å². The summed E-state index contributed by atoms with van der Waals surface area (Å²) in [7, 11) is 0. The van der Waals surface area contributed by atoms with Gasteiger partial charge in [0.05, 0.1) is 4.88 Å². The lowest BCUT2D eigenvalue weighted by molar-refractivity contribution is 0.0946. The largest absolute Gasteiger partial charge is 0.351 e. The Bertz CT molecular complexity index is 414. The molecule has 1 aliphatic carbocycles. The van der Waals surface area contributed by atoms with Crippen LogP contribution in [-0.2, 0) is 12.8 Å². The fourth-order valence-electron chi connectivity index (χ4n) is 2.60. The van der Waals surface area contributed by atoms with Gasteiger partial charge in [-0.15, -0.1) is 11.3 Å². The van der Waals surface area contributed by atoms with Crippen molar-refractivity contribution in [3.05, 3.63) is 21.4 Å². The molecule has 1 saturated heterocycles. The van der Waals surface area contributed by atoms with Crippen LogP contribution in [0.2, 0.25) is 0 Å². The highest BCUT2D eigenvalue weighted by Crippen LogP contribution is 2.28. The summed E-state index contributed by atoms with van der Waals surface area (Å²) < 4.78 is 0. The highest BCUT2D eigenvalue weighted by molar-refractivity contribution is 7.14. The van der Waals surface area contributed by atoms with Gasteiger partial charge in [0.2, 0.25) is 0 Å². The van der Waals surface area contributed by atoms with Gasteiger partial charge >= 0.3 is 0 Å². The summed E-state index contributed by atoms with van der Waals surface area (Å²) in [4.78, 5) is 14.4. The van der Waals surface area contributed by atoms with E-state index in [9.17, 15) is 4.79 Å². The number of carbonyl (C=O) groups is 1. The molecule has 0 radical (unpaired) electrons. The van der Waals surface area contributed by atoms with E-state index in [4.69, 9.17) is 0 Å². The molecule has 0 unspecified atom stereocenters. The summed E-state index contributed by atoms with van der Waals surface area (Å²) in [6, 6.07) is 2.12. The van der Waals surface area contributed by atoms with Crippen LogP contribution in [0, 0.1) is 5.92 Å². The third kappa shape index (κ3) is 2.59. The molecule has 2 heterocycles. The number of hydrogen-bond donors (Lipinski definition) is 2. The number of thiophene rings is 1. The molecule has 1 aromatic heterocycles. The molecule has 3 rings (SSSR count). The van der Waals surface area contributed by atoms with E-state index in [-0.39, 0.29) is 5.91 Å². The van der Waals surface area contributed by atoms with Crippen LogP contribution in [0.1, 0.15) is 39.4 Å². The molecule has 0 bridgehead atoms. The van der Waals surface area contributed by atoms with Crippen molar-refractivity contribution >= 4 is 17.2 Å². The maximum absolute atomic E-state index is 12.1. The lowest BCUT2D eigenvalue weighted by Crippen LogP contribution is -2.48. The minimum absolute atomic E-state index is 0.125. The maximum atomic E-state index is 12.1. The summed E-state index contributed by atoms with van der Waals surface area (Å²) >= 11 is 1.71. The first-order chi connectivity index (χ1) is 8.83. The molecule has 1 aliphatic heterocycles. The summed E-state index contributed by atoms with van der Waals surface area (Å²) in [5, 5.41) is 6.28. The van der Waals surface area contributed by atoms with Crippen molar-refractivity contribution in [3.63, 3.8) is 0 Å². The molecule has 0 spiro atoms. The maximum Gasteiger partial charge on any atom is 0.261 e. The van der Waals surface area contributed by atoms with Crippen molar-refractivity contribution in [2.45, 2.75) is 32.1 Å². The lowest BCUT2D eigenvalue weighted by Gasteiger charge is -2.26. The highest BCUT2D eigenvalue weighted by Gasteiger charge is 2.20. The second-order valence-corrected chi connectivity index (χ2v) is 6.49. The SMILES string of the molecule is O=C(NCC1CNC1)c1cc2c(s1)CCCCC2. The molecule has 3 nitrogen and oxygen atoms in total. The minimum Gasteiger partial charge on any atom is -0.351 e. The van der Waals surface area contributed by atoms with Gasteiger partial charge in [0.25, 0.3) is 5.91 Å². The molecular formula is C14H20N2OS. The van der Waals surface area contributed by atoms with Gasteiger partial charge in [0.15, 0.2) is 0 Å². The van der Waals surface area contributed by atoms with Crippen LogP contribution in [0.25, 0.3) is 0 Å². The molecule has 0 saturated carbocycles. The Morgan fingerprint density at radius 3 is 2.94 bits per heavy atom. The Hall–Kier alpha value is -0.870. The van der Waals surface area contributed by atoms with Crippen LogP contribution in [0.3, 0.4) is 0 Å². The van der Waals surface area contributed by atoms with Gasteiger partial charge < -0.3 is 10.6 Å². The zero-order chi connectivity index (χ0) is 12.4. The van der Waals surface area contributed by atoms with Crippen LogP contribution in [0.5, 0.6) is 0 Å². The van der Waals surface area contributed by atoms with E-state index in [1.54, 1.807) is 11.3 Å². The summed E-state index contributed by atoms with van der Waals surface area (Å²) in [5.74, 6) is 0.756. The van der Waals surface area contributed by atoms with Gasteiger partial charge in [-0.25, -0.2) is 0 Å². The highest BCUT2D eigenvalue weighted by atomic mass is 32.1. The monoisotopic (exact) mass is 264 g/mol. The Morgan fingerprint density at radius 2 is 2.17 bits per heavy atom. The minimum atomic E-state index is 0.125. The van der Waals surface area contributed by atoms with E-state index < -0.39 is 0 Å². The Labute approximate surface area is 112 Å². The molecule has 98 valence electrons. The number of amides is 1. The first-order valence-electron chi connectivity index (χ1n) is 6.93. The van der Waals surface area contributed by atoms with Crippen molar-refractivity contribution in [2.24, 2.45) is 5.92 Å². The summed E-state index contributed by atoms with van der Waals surface area (Å²) in [6.07, 6.45) is 6.21. The topological polar surface area (TPSA) is 41.1 Å². The van der Waals surface area contributed by atoms with Crippen molar-refractivity contribution < 1.29 is 4.79 Å². The number of hydrogen-bond acceptors (Lipinski definition) is 3. The normalized spacial score (nSPS) is 19.8. The molecule has 2 N–H and O–H groups in total. The van der Waals surface area contributed by atoms with E-state index in [0.717, 1.165) is 30.9 Å². The molecule has 1 fully saturated rings.